The molecule has 4 fully saturated rings. The molecule has 27 heavy (non-hydrogen) atoms. The Morgan fingerprint density at radius 2 is 2.11 bits per heavy atom. The number of carbonyl (C=O) groups excluding carboxylic acids is 2. The van der Waals surface area contributed by atoms with Gasteiger partial charge in [0.05, 0.1) is 11.3 Å². The molecule has 1 heterocycles. The summed E-state index contributed by atoms with van der Waals surface area (Å²) in [5, 5.41) is 10.3. The van der Waals surface area contributed by atoms with Gasteiger partial charge in [-0.1, -0.05) is 19.1 Å². The number of ether oxygens (including phenoxy) is 2. The predicted octanol–water partition coefficient (Wildman–Crippen LogP) is 2.71. The fraction of sp³-hybridized carbons (Fsp3) is 0.762. The normalized spacial score (nSPS) is 54.3. The van der Waals surface area contributed by atoms with Gasteiger partial charge in [-0.05, 0) is 43.9 Å². The molecule has 0 unspecified atom stereocenters. The van der Waals surface area contributed by atoms with E-state index in [2.05, 4.69) is 6.92 Å². The highest BCUT2D eigenvalue weighted by atomic mass is 16.6. The van der Waals surface area contributed by atoms with Gasteiger partial charge in [-0.3, -0.25) is 14.4 Å². The first kappa shape index (κ1) is 17.3. The third-order valence-corrected chi connectivity index (χ3v) is 8.71. The lowest BCUT2D eigenvalue weighted by Crippen LogP contribution is -2.49. The Balaban J connectivity index is 1.69. The average Bonchev–Trinajstić information content (AvgIpc) is 2.96. The van der Waals surface area contributed by atoms with Crippen LogP contribution in [-0.4, -0.2) is 34.2 Å². The van der Waals surface area contributed by atoms with Crippen molar-refractivity contribution in [1.82, 2.24) is 0 Å². The molecule has 0 amide bonds. The van der Waals surface area contributed by atoms with Crippen LogP contribution in [0.1, 0.15) is 52.9 Å². The molecule has 1 spiro atoms. The van der Waals surface area contributed by atoms with E-state index in [1.807, 2.05) is 19.1 Å². The zero-order valence-electron chi connectivity index (χ0n) is 16.0. The van der Waals surface area contributed by atoms with Gasteiger partial charge in [-0.25, -0.2) is 0 Å². The van der Waals surface area contributed by atoms with Crippen LogP contribution in [0.15, 0.2) is 12.2 Å². The van der Waals surface area contributed by atoms with Crippen molar-refractivity contribution in [2.45, 2.75) is 64.1 Å². The fourth-order valence-electron chi connectivity index (χ4n) is 8.08. The highest BCUT2D eigenvalue weighted by Crippen LogP contribution is 2.78. The second-order valence-corrected chi connectivity index (χ2v) is 9.79. The molecule has 146 valence electrons. The SMILES string of the molecule is CC(=O)O[C@@]12CC[C@@H]3[C@](C[C@H]1C)(C2)[C@@H](C(=O)O)[C@H]1[C@@]32CC=C[C@@]1(C)C(=O)O2. The van der Waals surface area contributed by atoms with Crippen molar-refractivity contribution >= 4 is 17.9 Å². The molecule has 5 aliphatic rings. The van der Waals surface area contributed by atoms with Crippen LogP contribution in [0.3, 0.4) is 0 Å². The molecular weight excluding hydrogens is 348 g/mol. The highest BCUT2D eigenvalue weighted by molar-refractivity contribution is 5.86. The lowest BCUT2D eigenvalue weighted by atomic mass is 9.62. The van der Waals surface area contributed by atoms with Gasteiger partial charge >= 0.3 is 17.9 Å². The van der Waals surface area contributed by atoms with Crippen LogP contribution in [0, 0.1) is 34.5 Å². The van der Waals surface area contributed by atoms with Crippen molar-refractivity contribution in [3.05, 3.63) is 12.2 Å². The third-order valence-electron chi connectivity index (χ3n) is 8.71. The Bertz CT molecular complexity index is 802. The van der Waals surface area contributed by atoms with E-state index in [1.54, 1.807) is 0 Å². The molecule has 4 aliphatic carbocycles. The summed E-state index contributed by atoms with van der Waals surface area (Å²) in [6.07, 6.45) is 7.17. The molecular formula is C21H26O6. The Kier molecular flexibility index (Phi) is 3.04. The zero-order valence-corrected chi connectivity index (χ0v) is 16.0. The maximum absolute atomic E-state index is 12.8. The smallest absolute Gasteiger partial charge is 0.316 e. The zero-order chi connectivity index (χ0) is 19.4. The van der Waals surface area contributed by atoms with Gasteiger partial charge in [0.2, 0.25) is 0 Å². The van der Waals surface area contributed by atoms with Crippen LogP contribution >= 0.6 is 0 Å². The number of carbonyl (C=O) groups is 3. The van der Waals surface area contributed by atoms with Crippen molar-refractivity contribution in [2.24, 2.45) is 34.5 Å². The van der Waals surface area contributed by atoms with E-state index < -0.39 is 33.9 Å². The molecule has 6 heteroatoms. The molecule has 4 bridgehead atoms. The van der Waals surface area contributed by atoms with Crippen molar-refractivity contribution < 1.29 is 29.0 Å². The van der Waals surface area contributed by atoms with Crippen molar-refractivity contribution in [2.75, 3.05) is 0 Å². The van der Waals surface area contributed by atoms with E-state index in [1.165, 1.54) is 6.92 Å². The molecule has 6 nitrogen and oxygen atoms in total. The highest BCUT2D eigenvalue weighted by Gasteiger charge is 2.83. The first-order chi connectivity index (χ1) is 12.6. The van der Waals surface area contributed by atoms with E-state index in [0.29, 0.717) is 25.7 Å². The van der Waals surface area contributed by atoms with Crippen LogP contribution in [-0.2, 0) is 23.9 Å². The van der Waals surface area contributed by atoms with E-state index in [9.17, 15) is 19.5 Å². The van der Waals surface area contributed by atoms with Gasteiger partial charge < -0.3 is 14.6 Å². The van der Waals surface area contributed by atoms with E-state index >= 15 is 0 Å². The molecule has 5 rings (SSSR count). The Hall–Kier alpha value is -1.85. The number of rotatable bonds is 2. The molecule has 1 saturated heterocycles. The minimum atomic E-state index is -0.886. The second kappa shape index (κ2) is 4.76. The van der Waals surface area contributed by atoms with E-state index in [-0.39, 0.29) is 29.7 Å². The lowest BCUT2D eigenvalue weighted by molar-refractivity contribution is -0.172. The summed E-state index contributed by atoms with van der Waals surface area (Å²) in [7, 11) is 0. The second-order valence-electron chi connectivity index (χ2n) is 9.79. The molecule has 3 saturated carbocycles. The van der Waals surface area contributed by atoms with Gasteiger partial charge in [0.25, 0.3) is 0 Å². The maximum Gasteiger partial charge on any atom is 0.316 e. The number of hydrogen-bond acceptors (Lipinski definition) is 5. The molecule has 0 aromatic heterocycles. The molecule has 1 aliphatic heterocycles. The van der Waals surface area contributed by atoms with Crippen molar-refractivity contribution in [3.63, 3.8) is 0 Å². The van der Waals surface area contributed by atoms with Gasteiger partial charge in [0.1, 0.15) is 11.2 Å². The Labute approximate surface area is 158 Å². The van der Waals surface area contributed by atoms with Crippen LogP contribution in [0.2, 0.25) is 0 Å². The summed E-state index contributed by atoms with van der Waals surface area (Å²) < 4.78 is 11.9. The predicted molar refractivity (Wildman–Crippen MR) is 93.4 cm³/mol. The van der Waals surface area contributed by atoms with Crippen LogP contribution in [0.25, 0.3) is 0 Å². The summed E-state index contributed by atoms with van der Waals surface area (Å²) in [4.78, 5) is 37.2. The fourth-order valence-corrected chi connectivity index (χ4v) is 8.08. The number of hydrogen-bond donors (Lipinski definition) is 1. The Morgan fingerprint density at radius 1 is 1.37 bits per heavy atom. The van der Waals surface area contributed by atoms with Gasteiger partial charge in [0, 0.05) is 25.2 Å². The minimum Gasteiger partial charge on any atom is -0.481 e. The summed E-state index contributed by atoms with van der Waals surface area (Å²) in [6.45, 7) is 5.33. The average molecular weight is 374 g/mol. The van der Waals surface area contributed by atoms with Crippen LogP contribution in [0.4, 0.5) is 0 Å². The lowest BCUT2D eigenvalue weighted by Gasteiger charge is -2.46. The monoisotopic (exact) mass is 374 g/mol. The first-order valence-corrected chi connectivity index (χ1v) is 9.95. The largest absolute Gasteiger partial charge is 0.481 e. The summed E-state index contributed by atoms with van der Waals surface area (Å²) in [5.74, 6) is -2.36. The standard InChI is InChI=1S/C21H26O6/c1-11-9-19-10-20(11,26-12(2)22)8-5-13(19)21-7-4-6-18(3,17(25)27-21)15(21)14(19)16(23)24/h4,6,11,13-15H,5,7-10H2,1-3H3,(H,23,24)/t11-,13-,14-,15-,18-,19+,20-,21-/m1/s1. The molecule has 0 aromatic carbocycles. The first-order valence-electron chi connectivity index (χ1n) is 9.95. The summed E-state index contributed by atoms with van der Waals surface area (Å²) >= 11 is 0. The van der Waals surface area contributed by atoms with Crippen LogP contribution < -0.4 is 0 Å². The third kappa shape index (κ3) is 1.71. The van der Waals surface area contributed by atoms with Crippen LogP contribution in [0.5, 0.6) is 0 Å². The summed E-state index contributed by atoms with van der Waals surface area (Å²) in [5.41, 5.74) is -2.69. The van der Waals surface area contributed by atoms with Crippen molar-refractivity contribution in [1.29, 1.82) is 0 Å². The maximum atomic E-state index is 12.8. The number of aliphatic carboxylic acids is 1. The van der Waals surface area contributed by atoms with E-state index in [0.717, 1.165) is 6.42 Å². The van der Waals surface area contributed by atoms with Gasteiger partial charge in [-0.2, -0.15) is 0 Å². The topological polar surface area (TPSA) is 89.9 Å². The number of esters is 2. The van der Waals surface area contributed by atoms with Crippen molar-refractivity contribution in [3.8, 4) is 0 Å². The summed E-state index contributed by atoms with van der Waals surface area (Å²) in [6, 6.07) is 0. The van der Waals surface area contributed by atoms with Gasteiger partial charge in [0.15, 0.2) is 0 Å². The quantitative estimate of drug-likeness (QED) is 0.590. The number of fused-ring (bicyclic) bond motifs is 1. The Morgan fingerprint density at radius 3 is 2.78 bits per heavy atom. The minimum absolute atomic E-state index is 0.000424. The molecule has 0 radical (unpaired) electrons. The van der Waals surface area contributed by atoms with E-state index in [4.69, 9.17) is 9.47 Å². The molecule has 1 N–H and O–H groups in total. The molecule has 0 aromatic rings. The molecule has 8 atom stereocenters. The number of carboxylic acid groups (broad SMARTS) is 1. The number of carboxylic acids is 1. The van der Waals surface area contributed by atoms with Gasteiger partial charge in [-0.15, -0.1) is 0 Å².